The van der Waals surface area contributed by atoms with E-state index in [-0.39, 0.29) is 11.0 Å². The molecule has 0 fully saturated rings. The molecule has 6 heteroatoms. The zero-order valence-electron chi connectivity index (χ0n) is 6.30. The lowest BCUT2D eigenvalue weighted by Gasteiger charge is -2.05. The first-order valence-electron chi connectivity index (χ1n) is 3.11. The van der Waals surface area contributed by atoms with Crippen LogP contribution in [0.4, 0.5) is 17.6 Å². The summed E-state index contributed by atoms with van der Waals surface area (Å²) in [5, 5.41) is 0. The summed E-state index contributed by atoms with van der Waals surface area (Å²) in [7, 11) is 5.14. The normalized spacial score (nSPS) is 10.6. The van der Waals surface area contributed by atoms with Crippen LogP contribution in [0.1, 0.15) is 5.56 Å². The third kappa shape index (κ3) is 1.62. The Hall–Kier alpha value is -0.420. The maximum absolute atomic E-state index is 12.8. The summed E-state index contributed by atoms with van der Waals surface area (Å²) in [6.07, 6.45) is 0. The van der Waals surface area contributed by atoms with Gasteiger partial charge < -0.3 is 0 Å². The van der Waals surface area contributed by atoms with Gasteiger partial charge in [0.1, 0.15) is 4.90 Å². The third-order valence-electron chi connectivity index (χ3n) is 1.52. The fraction of sp³-hybridized carbons (Fsp3) is 0.143. The Morgan fingerprint density at radius 1 is 0.923 bits per heavy atom. The summed E-state index contributed by atoms with van der Waals surface area (Å²) >= 11 is 0. The molecule has 0 amide bonds. The smallest absolute Gasteiger partial charge is 0.177 e. The van der Waals surface area contributed by atoms with E-state index in [1.165, 1.54) is 0 Å². The summed E-state index contributed by atoms with van der Waals surface area (Å²) in [6, 6.07) is 0. The standard InChI is InChI=1S/C7H3ClF4S/c1-2-3(9)5(11)7(13-8)6(12)4(2)10/h1H3. The minimum Gasteiger partial charge on any atom is -0.203 e. The van der Waals surface area contributed by atoms with E-state index in [1.807, 2.05) is 0 Å². The van der Waals surface area contributed by atoms with Gasteiger partial charge in [-0.3, -0.25) is 0 Å². The molecule has 0 aromatic heterocycles. The van der Waals surface area contributed by atoms with Crippen LogP contribution in [-0.2, 0) is 0 Å². The molecule has 0 spiro atoms. The largest absolute Gasteiger partial charge is 0.203 e. The molecule has 0 saturated heterocycles. The maximum atomic E-state index is 12.8. The van der Waals surface area contributed by atoms with Crippen LogP contribution in [0.15, 0.2) is 4.90 Å². The molecule has 1 aromatic rings. The van der Waals surface area contributed by atoms with Gasteiger partial charge in [0.25, 0.3) is 0 Å². The second-order valence-electron chi connectivity index (χ2n) is 2.29. The van der Waals surface area contributed by atoms with Crippen molar-refractivity contribution < 1.29 is 17.6 Å². The van der Waals surface area contributed by atoms with Crippen molar-refractivity contribution in [1.29, 1.82) is 0 Å². The molecule has 0 heterocycles. The summed E-state index contributed by atoms with van der Waals surface area (Å²) in [6.45, 7) is 0.944. The lowest BCUT2D eigenvalue weighted by atomic mass is 10.2. The fourth-order valence-electron chi connectivity index (χ4n) is 0.789. The lowest BCUT2D eigenvalue weighted by molar-refractivity contribution is 0.418. The zero-order chi connectivity index (χ0) is 10.2. The first-order chi connectivity index (χ1) is 6.00. The van der Waals surface area contributed by atoms with Gasteiger partial charge in [0.15, 0.2) is 23.3 Å². The van der Waals surface area contributed by atoms with Crippen LogP contribution in [0, 0.1) is 30.2 Å². The van der Waals surface area contributed by atoms with Gasteiger partial charge in [-0.05, 0) is 28.6 Å². The Balaban J connectivity index is 3.56. The number of benzene rings is 1. The van der Waals surface area contributed by atoms with Crippen molar-refractivity contribution in [3.8, 4) is 0 Å². The third-order valence-corrected chi connectivity index (χ3v) is 2.50. The number of rotatable bonds is 1. The Labute approximate surface area is 80.4 Å². The predicted molar refractivity (Wildman–Crippen MR) is 42.7 cm³/mol. The number of hydrogen-bond donors (Lipinski definition) is 0. The molecule has 72 valence electrons. The van der Waals surface area contributed by atoms with Crippen LogP contribution < -0.4 is 0 Å². The van der Waals surface area contributed by atoms with Crippen LogP contribution in [0.5, 0.6) is 0 Å². The van der Waals surface area contributed by atoms with Crippen molar-refractivity contribution in [1.82, 2.24) is 0 Å². The molecule has 0 nitrogen and oxygen atoms in total. The molecule has 0 N–H and O–H groups in total. The average molecular weight is 231 g/mol. The Morgan fingerprint density at radius 2 is 1.31 bits per heavy atom. The van der Waals surface area contributed by atoms with Crippen LogP contribution in [-0.4, -0.2) is 0 Å². The van der Waals surface area contributed by atoms with E-state index in [2.05, 4.69) is 0 Å². The van der Waals surface area contributed by atoms with Crippen LogP contribution >= 0.6 is 21.7 Å². The van der Waals surface area contributed by atoms with E-state index >= 15 is 0 Å². The monoisotopic (exact) mass is 230 g/mol. The molecule has 1 aromatic carbocycles. The SMILES string of the molecule is Cc1c(F)c(F)c(SCl)c(F)c1F. The molecule has 1 rings (SSSR count). The average Bonchev–Trinajstić information content (AvgIpc) is 2.13. The summed E-state index contributed by atoms with van der Waals surface area (Å²) in [4.78, 5) is -0.859. The van der Waals surface area contributed by atoms with Crippen LogP contribution in [0.25, 0.3) is 0 Å². The van der Waals surface area contributed by atoms with Gasteiger partial charge in [-0.15, -0.1) is 0 Å². The fourth-order valence-corrected chi connectivity index (χ4v) is 1.51. The van der Waals surface area contributed by atoms with Crippen molar-refractivity contribution in [2.45, 2.75) is 11.8 Å². The highest BCUT2D eigenvalue weighted by Gasteiger charge is 2.22. The molecule has 0 saturated carbocycles. The molecule has 0 atom stereocenters. The highest BCUT2D eigenvalue weighted by atomic mass is 35.7. The van der Waals surface area contributed by atoms with Gasteiger partial charge in [0.05, 0.1) is 0 Å². The van der Waals surface area contributed by atoms with Crippen LogP contribution in [0.3, 0.4) is 0 Å². The number of hydrogen-bond acceptors (Lipinski definition) is 1. The minimum absolute atomic E-state index is 0.101. The zero-order valence-corrected chi connectivity index (χ0v) is 7.87. The Morgan fingerprint density at radius 3 is 1.62 bits per heavy atom. The molecule has 0 bridgehead atoms. The molecule has 13 heavy (non-hydrogen) atoms. The van der Waals surface area contributed by atoms with Crippen molar-refractivity contribution in [3.05, 3.63) is 28.8 Å². The molecule has 0 radical (unpaired) electrons. The highest BCUT2D eigenvalue weighted by molar-refractivity contribution is 8.21. The minimum atomic E-state index is -1.46. The molecular formula is C7H3ClF4S. The van der Waals surface area contributed by atoms with E-state index in [4.69, 9.17) is 10.7 Å². The lowest BCUT2D eigenvalue weighted by Crippen LogP contribution is -2.01. The Kier molecular flexibility index (Phi) is 3.08. The van der Waals surface area contributed by atoms with Gasteiger partial charge in [0, 0.05) is 5.56 Å². The molecular weight excluding hydrogens is 228 g/mol. The quantitative estimate of drug-likeness (QED) is 0.522. The van der Waals surface area contributed by atoms with Gasteiger partial charge in [-0.2, -0.15) is 0 Å². The second kappa shape index (κ2) is 3.75. The molecule has 0 aliphatic rings. The summed E-state index contributed by atoms with van der Waals surface area (Å²) < 4.78 is 51.2. The van der Waals surface area contributed by atoms with Crippen molar-refractivity contribution in [2.24, 2.45) is 0 Å². The van der Waals surface area contributed by atoms with Crippen molar-refractivity contribution in [3.63, 3.8) is 0 Å². The van der Waals surface area contributed by atoms with Gasteiger partial charge >= 0.3 is 0 Å². The van der Waals surface area contributed by atoms with Crippen molar-refractivity contribution >= 4 is 21.7 Å². The van der Waals surface area contributed by atoms with Gasteiger partial charge in [-0.25, -0.2) is 17.6 Å². The highest BCUT2D eigenvalue weighted by Crippen LogP contribution is 2.32. The van der Waals surface area contributed by atoms with Gasteiger partial charge in [-0.1, -0.05) is 0 Å². The van der Waals surface area contributed by atoms with E-state index in [0.29, 0.717) is 0 Å². The topological polar surface area (TPSA) is 0 Å². The van der Waals surface area contributed by atoms with Crippen molar-refractivity contribution in [2.75, 3.05) is 0 Å². The molecule has 0 aliphatic carbocycles. The predicted octanol–water partition coefficient (Wildman–Crippen LogP) is 3.80. The van der Waals surface area contributed by atoms with E-state index < -0.39 is 33.7 Å². The number of halogens is 5. The van der Waals surface area contributed by atoms with E-state index in [0.717, 1.165) is 6.92 Å². The summed E-state index contributed by atoms with van der Waals surface area (Å²) in [5.74, 6) is -5.75. The van der Waals surface area contributed by atoms with Crippen LogP contribution in [0.2, 0.25) is 0 Å². The second-order valence-corrected chi connectivity index (χ2v) is 3.31. The molecule has 0 aliphatic heterocycles. The van der Waals surface area contributed by atoms with E-state index in [9.17, 15) is 17.6 Å². The van der Waals surface area contributed by atoms with E-state index in [1.54, 1.807) is 0 Å². The summed E-state index contributed by atoms with van der Waals surface area (Å²) in [5.41, 5.74) is -0.690. The Bertz CT molecular complexity index is 324. The first-order valence-corrected chi connectivity index (χ1v) is 4.76. The van der Waals surface area contributed by atoms with Gasteiger partial charge in [0.2, 0.25) is 0 Å². The molecule has 0 unspecified atom stereocenters. The first kappa shape index (κ1) is 10.7. The maximum Gasteiger partial charge on any atom is 0.177 e.